The molecule has 0 aliphatic carbocycles. The van der Waals surface area contributed by atoms with Gasteiger partial charge in [0.2, 0.25) is 12.6 Å². The Balaban J connectivity index is 0.863. The summed E-state index contributed by atoms with van der Waals surface area (Å²) in [6.07, 6.45) is 0. The van der Waals surface area contributed by atoms with Gasteiger partial charge >= 0.3 is 0 Å². The molecule has 7 heteroatoms. The molecule has 0 atom stereocenters. The number of thiazole rings is 2. The summed E-state index contributed by atoms with van der Waals surface area (Å²) in [7, 11) is 0. The third-order valence-electron chi connectivity index (χ3n) is 13.3. The van der Waals surface area contributed by atoms with Gasteiger partial charge in [-0.3, -0.25) is 0 Å². The molecule has 0 saturated carbocycles. The highest BCUT2D eigenvalue weighted by atomic mass is 32.1. The molecule has 0 amide bonds. The summed E-state index contributed by atoms with van der Waals surface area (Å²) < 4.78 is 9.07. The largest absolute Gasteiger partial charge is 0.435 e. The molecule has 11 aromatic carbocycles. The summed E-state index contributed by atoms with van der Waals surface area (Å²) in [4.78, 5) is 15.5. The zero-order chi connectivity index (χ0) is 43.3. The molecule has 306 valence electrons. The van der Waals surface area contributed by atoms with Gasteiger partial charge in [-0.25, -0.2) is 15.0 Å². The average molecular weight is 876 g/mol. The third-order valence-corrected chi connectivity index (χ3v) is 15.5. The number of rotatable bonds is 6. The molecule has 66 heavy (non-hydrogen) atoms. The van der Waals surface area contributed by atoms with E-state index in [9.17, 15) is 0 Å². The standard InChI is InChI=1S/C59H34BN3OS2/c1-2-12-39-34-52-51(33-38(39)11-1)61-58(65-52)36-23-29-41(30-24-36)60(40-27-21-35(22-28-40)57-62-53-47-17-7-3-13-43(47)45-15-5-9-19-49(45)55(53)64-57)42-31-25-37(26-32-42)59-63-54-48-18-8-4-14-44(48)46-16-6-10-20-50(46)56(54)66-59/h1-34H. The predicted molar refractivity (Wildman–Crippen MR) is 282 cm³/mol. The van der Waals surface area contributed by atoms with Crippen molar-refractivity contribution >= 4 is 131 Å². The minimum Gasteiger partial charge on any atom is -0.435 e. The molecular weight excluding hydrogens is 842 g/mol. The second-order valence-electron chi connectivity index (χ2n) is 17.1. The normalized spacial score (nSPS) is 11.9. The quantitative estimate of drug-likeness (QED) is 0.123. The molecule has 0 aliphatic rings. The summed E-state index contributed by atoms with van der Waals surface area (Å²) in [5.41, 5.74) is 10.5. The number of oxazole rings is 1. The van der Waals surface area contributed by atoms with Crippen molar-refractivity contribution in [2.75, 3.05) is 0 Å². The van der Waals surface area contributed by atoms with E-state index >= 15 is 0 Å². The van der Waals surface area contributed by atoms with Gasteiger partial charge in [0.1, 0.15) is 15.5 Å². The molecule has 0 aliphatic heterocycles. The fourth-order valence-corrected chi connectivity index (χ4v) is 12.2. The van der Waals surface area contributed by atoms with E-state index in [2.05, 4.69) is 206 Å². The molecule has 0 N–H and O–H groups in total. The molecule has 0 fully saturated rings. The van der Waals surface area contributed by atoms with Crippen molar-refractivity contribution in [2.45, 2.75) is 0 Å². The van der Waals surface area contributed by atoms with Crippen LogP contribution in [0.4, 0.5) is 0 Å². The summed E-state index contributed by atoms with van der Waals surface area (Å²) in [5, 5.41) is 13.9. The maximum atomic E-state index is 6.65. The number of aromatic nitrogens is 3. The van der Waals surface area contributed by atoms with Gasteiger partial charge < -0.3 is 4.42 Å². The van der Waals surface area contributed by atoms with Crippen LogP contribution in [0.25, 0.3) is 118 Å². The van der Waals surface area contributed by atoms with Crippen molar-refractivity contribution in [3.63, 3.8) is 0 Å². The highest BCUT2D eigenvalue weighted by Gasteiger charge is 2.24. The van der Waals surface area contributed by atoms with Crippen molar-refractivity contribution in [2.24, 2.45) is 0 Å². The van der Waals surface area contributed by atoms with Crippen LogP contribution in [0.2, 0.25) is 0 Å². The van der Waals surface area contributed by atoms with E-state index in [4.69, 9.17) is 19.4 Å². The highest BCUT2D eigenvalue weighted by Crippen LogP contribution is 2.41. The van der Waals surface area contributed by atoms with Gasteiger partial charge in [0.25, 0.3) is 0 Å². The van der Waals surface area contributed by atoms with Crippen LogP contribution in [0.1, 0.15) is 0 Å². The number of nitrogens with zero attached hydrogens (tertiary/aromatic N) is 3. The summed E-state index contributed by atoms with van der Waals surface area (Å²) >= 11 is 3.52. The molecular formula is C59H34BN3OS2. The predicted octanol–water partition coefficient (Wildman–Crippen LogP) is 14.3. The summed E-state index contributed by atoms with van der Waals surface area (Å²) in [5.74, 6) is 0.614. The topological polar surface area (TPSA) is 51.8 Å². The number of hydrogen-bond donors (Lipinski definition) is 0. The Bertz CT molecular complexity index is 3830. The van der Waals surface area contributed by atoms with Gasteiger partial charge in [0, 0.05) is 38.2 Å². The van der Waals surface area contributed by atoms with E-state index in [0.29, 0.717) is 5.89 Å². The average Bonchev–Trinajstić information content (AvgIpc) is 4.15. The summed E-state index contributed by atoms with van der Waals surface area (Å²) in [6.45, 7) is -0.0393. The molecule has 0 radical (unpaired) electrons. The monoisotopic (exact) mass is 875 g/mol. The Morgan fingerprint density at radius 1 is 0.364 bits per heavy atom. The van der Waals surface area contributed by atoms with E-state index < -0.39 is 0 Å². The fourth-order valence-electron chi connectivity index (χ4n) is 10.1. The second kappa shape index (κ2) is 14.8. The molecule has 14 aromatic rings. The zero-order valence-corrected chi connectivity index (χ0v) is 36.9. The van der Waals surface area contributed by atoms with Crippen LogP contribution in [0.5, 0.6) is 0 Å². The van der Waals surface area contributed by atoms with Gasteiger partial charge in [0.15, 0.2) is 5.58 Å². The van der Waals surface area contributed by atoms with Crippen molar-refractivity contribution in [3.8, 4) is 32.6 Å². The lowest BCUT2D eigenvalue weighted by molar-refractivity contribution is 0.623. The van der Waals surface area contributed by atoms with E-state index in [1.165, 1.54) is 68.9 Å². The maximum absolute atomic E-state index is 6.65. The molecule has 4 nitrogen and oxygen atoms in total. The first kappa shape index (κ1) is 37.4. The number of hydrogen-bond acceptors (Lipinski definition) is 6. The van der Waals surface area contributed by atoms with Gasteiger partial charge in [-0.15, -0.1) is 22.7 Å². The van der Waals surface area contributed by atoms with E-state index in [1.807, 2.05) is 0 Å². The smallest absolute Gasteiger partial charge is 0.241 e. The summed E-state index contributed by atoms with van der Waals surface area (Å²) in [6, 6.07) is 74.0. The van der Waals surface area contributed by atoms with Crippen LogP contribution in [-0.2, 0) is 0 Å². The lowest BCUT2D eigenvalue weighted by atomic mass is 9.37. The SMILES string of the molecule is c1ccc2cc3sc(-c4ccc(B(c5ccc(-c6nc7c8ccccc8c8ccccc8c7o6)cc5)c5ccc(-c6nc7c8ccccc8c8ccccc8c7s6)cc5)cc4)nc3cc2c1. The maximum Gasteiger partial charge on any atom is 0.241 e. The Kier molecular flexibility index (Phi) is 8.38. The molecule has 3 aromatic heterocycles. The van der Waals surface area contributed by atoms with Crippen molar-refractivity contribution in [1.29, 1.82) is 0 Å². The minimum absolute atomic E-state index is 0.0393. The molecule has 0 unspecified atom stereocenters. The van der Waals surface area contributed by atoms with E-state index in [-0.39, 0.29) is 6.71 Å². The van der Waals surface area contributed by atoms with Crippen LogP contribution in [0, 0.1) is 0 Å². The van der Waals surface area contributed by atoms with Crippen molar-refractivity contribution < 1.29 is 4.42 Å². The Hall–Kier alpha value is -7.97. The Labute approximate surface area is 387 Å². The van der Waals surface area contributed by atoms with Gasteiger partial charge in [-0.2, -0.15) is 0 Å². The second-order valence-corrected chi connectivity index (χ2v) is 19.1. The van der Waals surface area contributed by atoms with Crippen LogP contribution >= 0.6 is 22.7 Å². The van der Waals surface area contributed by atoms with Crippen molar-refractivity contribution in [3.05, 3.63) is 206 Å². The van der Waals surface area contributed by atoms with Gasteiger partial charge in [-0.1, -0.05) is 211 Å². The van der Waals surface area contributed by atoms with Gasteiger partial charge in [0.05, 0.1) is 20.4 Å². The van der Waals surface area contributed by atoms with Gasteiger partial charge in [-0.05, 0) is 44.5 Å². The van der Waals surface area contributed by atoms with Crippen LogP contribution in [0.3, 0.4) is 0 Å². The molecule has 0 saturated heterocycles. The molecule has 14 rings (SSSR count). The lowest BCUT2D eigenvalue weighted by Gasteiger charge is -2.17. The Morgan fingerprint density at radius 2 is 0.818 bits per heavy atom. The first-order chi connectivity index (χ1) is 32.7. The fraction of sp³-hybridized carbons (Fsp3) is 0. The van der Waals surface area contributed by atoms with E-state index in [1.54, 1.807) is 22.7 Å². The van der Waals surface area contributed by atoms with Crippen LogP contribution in [0.15, 0.2) is 211 Å². The first-order valence-corrected chi connectivity index (χ1v) is 23.8. The zero-order valence-electron chi connectivity index (χ0n) is 35.3. The van der Waals surface area contributed by atoms with Crippen molar-refractivity contribution in [1.82, 2.24) is 15.0 Å². The molecule has 3 heterocycles. The minimum atomic E-state index is -0.0393. The number of benzene rings is 11. The molecule has 0 spiro atoms. The third kappa shape index (κ3) is 5.94. The van der Waals surface area contributed by atoms with Crippen LogP contribution < -0.4 is 16.4 Å². The lowest BCUT2D eigenvalue weighted by Crippen LogP contribution is -2.51. The van der Waals surface area contributed by atoms with Crippen LogP contribution in [-0.4, -0.2) is 21.7 Å². The Morgan fingerprint density at radius 3 is 1.42 bits per heavy atom. The van der Waals surface area contributed by atoms with E-state index in [0.717, 1.165) is 59.6 Å². The number of fused-ring (bicyclic) bond motifs is 14. The highest BCUT2D eigenvalue weighted by molar-refractivity contribution is 7.23. The first-order valence-electron chi connectivity index (χ1n) is 22.2. The molecule has 0 bridgehead atoms.